The van der Waals surface area contributed by atoms with E-state index in [9.17, 15) is 9.59 Å². The molecule has 0 fully saturated rings. The van der Waals surface area contributed by atoms with Gasteiger partial charge in [-0.1, -0.05) is 6.58 Å². The Bertz CT molecular complexity index is 290. The minimum atomic E-state index is -0.121. The van der Waals surface area contributed by atoms with Gasteiger partial charge in [-0.3, -0.25) is 9.59 Å². The Hall–Kier alpha value is -1.43. The molecule has 2 amide bonds. The van der Waals surface area contributed by atoms with Gasteiger partial charge in [0.15, 0.2) is 0 Å². The number of hydrogen-bond donors (Lipinski definition) is 2. The molecule has 17 heavy (non-hydrogen) atoms. The van der Waals surface area contributed by atoms with E-state index in [1.54, 1.807) is 6.92 Å². The lowest BCUT2D eigenvalue weighted by Crippen LogP contribution is -3.00. The van der Waals surface area contributed by atoms with Crippen LogP contribution in [-0.4, -0.2) is 43.6 Å². The molecule has 0 saturated carbocycles. The first-order valence-electron chi connectivity index (χ1n) is 5.30. The van der Waals surface area contributed by atoms with Crippen LogP contribution in [0, 0.1) is 0 Å². The fraction of sp³-hybridized carbons (Fsp3) is 0.636. The van der Waals surface area contributed by atoms with Crippen LogP contribution in [0.4, 0.5) is 0 Å². The van der Waals surface area contributed by atoms with Crippen molar-refractivity contribution in [3.8, 4) is 0 Å². The molecule has 0 rings (SSSR count). The fourth-order valence-electron chi connectivity index (χ4n) is 1.31. The van der Waals surface area contributed by atoms with E-state index in [1.165, 1.54) is 6.92 Å². The van der Waals surface area contributed by atoms with Crippen LogP contribution in [-0.2, 0) is 9.59 Å². The average molecular weight is 247 g/mol. The maximum atomic E-state index is 11.2. The van der Waals surface area contributed by atoms with Crippen molar-refractivity contribution in [2.45, 2.75) is 20.3 Å². The fourth-order valence-corrected chi connectivity index (χ4v) is 1.31. The van der Waals surface area contributed by atoms with E-state index in [1.807, 2.05) is 14.1 Å². The normalized spacial score (nSPS) is 10.1. The lowest BCUT2D eigenvalue weighted by atomic mass is 10.3. The smallest absolute Gasteiger partial charge is 0.261 e. The van der Waals surface area contributed by atoms with Gasteiger partial charge in [0, 0.05) is 25.5 Å². The first-order valence-corrected chi connectivity index (χ1v) is 5.30. The van der Waals surface area contributed by atoms with Gasteiger partial charge in [-0.15, -0.1) is 0 Å². The molecule has 5 nitrogen and oxygen atoms in total. The van der Waals surface area contributed by atoms with Crippen LogP contribution in [0.2, 0.25) is 0 Å². The molecule has 0 aromatic heterocycles. The maximum absolute atomic E-state index is 11.2. The Balaban J connectivity index is 0. The number of nitrogens with zero attached hydrogens (tertiary/aromatic N) is 1. The van der Waals surface area contributed by atoms with Crippen molar-refractivity contribution in [3.05, 3.63) is 12.2 Å². The molecule has 6 heteroatoms. The number of rotatable bonds is 6. The molecule has 0 aromatic rings. The molecule has 0 spiro atoms. The third kappa shape index (κ3) is 9.50. The zero-order chi connectivity index (χ0) is 12.8. The van der Waals surface area contributed by atoms with E-state index in [4.69, 9.17) is 0 Å². The van der Waals surface area contributed by atoms with Gasteiger partial charge in [0.2, 0.25) is 5.91 Å². The molecule has 0 bridgehead atoms. The molecule has 0 aliphatic rings. The highest BCUT2D eigenvalue weighted by Gasteiger charge is 2.15. The van der Waals surface area contributed by atoms with Crippen LogP contribution in [0.5, 0.6) is 0 Å². The van der Waals surface area contributed by atoms with Crippen molar-refractivity contribution < 1.29 is 18.9 Å². The van der Waals surface area contributed by atoms with Crippen molar-refractivity contribution in [1.29, 1.82) is 0 Å². The van der Waals surface area contributed by atoms with Crippen molar-refractivity contribution in [1.82, 2.24) is 10.7 Å². The largest absolute Gasteiger partial charge is 1.00 e. The Morgan fingerprint density at radius 3 is 2.18 bits per heavy atom. The van der Waals surface area contributed by atoms with E-state index in [2.05, 4.69) is 17.3 Å². The van der Waals surface area contributed by atoms with Crippen LogP contribution >= 0.6 is 0 Å². The van der Waals surface area contributed by atoms with E-state index in [0.717, 1.165) is 13.0 Å². The minimum absolute atomic E-state index is 0. The quantitative estimate of drug-likeness (QED) is 0.231. The third-order valence-corrected chi connectivity index (χ3v) is 2.03. The van der Waals surface area contributed by atoms with Crippen molar-refractivity contribution in [3.63, 3.8) is 0 Å². The summed E-state index contributed by atoms with van der Waals surface area (Å²) in [5.41, 5.74) is 3.31. The third-order valence-electron chi connectivity index (χ3n) is 2.03. The van der Waals surface area contributed by atoms with Gasteiger partial charge in [-0.25, -0.2) is 10.0 Å². The van der Waals surface area contributed by atoms with Gasteiger partial charge in [-0.05, 0) is 6.92 Å². The summed E-state index contributed by atoms with van der Waals surface area (Å²) in [5.74, 6) is -0.180. The second-order valence-corrected chi connectivity index (χ2v) is 4.47. The molecule has 0 aliphatic carbocycles. The van der Waals surface area contributed by atoms with E-state index in [0.29, 0.717) is 16.7 Å². The number of carbonyl (C=O) groups excluding carboxylic acids is 2. The summed E-state index contributed by atoms with van der Waals surface area (Å²) >= 11 is 0. The molecular weight excluding hydrogens is 225 g/mol. The van der Waals surface area contributed by atoms with Gasteiger partial charge < -0.3 is 10.0 Å². The zero-order valence-electron chi connectivity index (χ0n) is 11.0. The SMILES string of the molecule is C=C(C)C(=O)NCCC[N+](C)(C)NC(C)=O.[F-]. The molecular formula is C11H22FN3O2. The highest BCUT2D eigenvalue weighted by molar-refractivity contribution is 5.91. The number of amides is 2. The summed E-state index contributed by atoms with van der Waals surface area (Å²) in [6, 6.07) is 0. The molecule has 0 radical (unpaired) electrons. The van der Waals surface area contributed by atoms with E-state index in [-0.39, 0.29) is 16.5 Å². The Morgan fingerprint density at radius 1 is 1.24 bits per heavy atom. The summed E-state index contributed by atoms with van der Waals surface area (Å²) < 4.78 is 0.415. The van der Waals surface area contributed by atoms with Gasteiger partial charge in [0.1, 0.15) is 6.54 Å². The number of nitrogens with one attached hydrogen (secondary N) is 2. The first kappa shape index (κ1) is 17.9. The lowest BCUT2D eigenvalue weighted by molar-refractivity contribution is -0.925. The first-order chi connectivity index (χ1) is 7.24. The molecule has 100 valence electrons. The van der Waals surface area contributed by atoms with Crippen LogP contribution in [0.1, 0.15) is 20.3 Å². The van der Waals surface area contributed by atoms with E-state index >= 15 is 0 Å². The molecule has 2 N–H and O–H groups in total. The van der Waals surface area contributed by atoms with Crippen LogP contribution in [0.3, 0.4) is 0 Å². The molecule has 0 saturated heterocycles. The summed E-state index contributed by atoms with van der Waals surface area (Å²) in [6.07, 6.45) is 0.798. The van der Waals surface area contributed by atoms with Crippen molar-refractivity contribution >= 4 is 11.8 Å². The Kier molecular flexibility index (Phi) is 8.21. The standard InChI is InChI=1S/C11H21N3O2.FH/c1-9(2)11(16)12-7-6-8-14(4,5)13-10(3)15;/h1,6-8H2,2-5H3,(H-,12,13,15,16);1H. The second kappa shape index (κ2) is 7.78. The van der Waals surface area contributed by atoms with Gasteiger partial charge in [0.05, 0.1) is 14.1 Å². The topological polar surface area (TPSA) is 58.2 Å². The zero-order valence-corrected chi connectivity index (χ0v) is 11.0. The van der Waals surface area contributed by atoms with Crippen LogP contribution < -0.4 is 15.4 Å². The Labute approximate surface area is 102 Å². The highest BCUT2D eigenvalue weighted by Crippen LogP contribution is 1.94. The van der Waals surface area contributed by atoms with Crippen molar-refractivity contribution in [2.24, 2.45) is 0 Å². The number of hydrogen-bond acceptors (Lipinski definition) is 2. The monoisotopic (exact) mass is 247 g/mol. The predicted molar refractivity (Wildman–Crippen MR) is 63.2 cm³/mol. The van der Waals surface area contributed by atoms with Gasteiger partial charge in [-0.2, -0.15) is 0 Å². The van der Waals surface area contributed by atoms with E-state index < -0.39 is 0 Å². The van der Waals surface area contributed by atoms with Crippen molar-refractivity contribution in [2.75, 3.05) is 27.2 Å². The molecule has 0 heterocycles. The maximum Gasteiger partial charge on any atom is 0.261 e. The number of halogens is 1. The summed E-state index contributed by atoms with van der Waals surface area (Å²) in [5, 5.41) is 2.75. The summed E-state index contributed by atoms with van der Waals surface area (Å²) in [6.45, 7) is 8.06. The molecule has 0 aliphatic heterocycles. The molecule has 0 atom stereocenters. The molecule has 0 aromatic carbocycles. The minimum Gasteiger partial charge on any atom is -1.00 e. The predicted octanol–water partition coefficient (Wildman–Crippen LogP) is -2.80. The summed E-state index contributed by atoms with van der Waals surface area (Å²) in [7, 11) is 3.81. The highest BCUT2D eigenvalue weighted by atomic mass is 19.0. The lowest BCUT2D eigenvalue weighted by Gasteiger charge is -2.28. The molecule has 0 unspecified atom stereocenters. The average Bonchev–Trinajstić information content (AvgIpc) is 2.09. The van der Waals surface area contributed by atoms with Crippen LogP contribution in [0.15, 0.2) is 12.2 Å². The summed E-state index contributed by atoms with van der Waals surface area (Å²) in [4.78, 5) is 22.0. The Morgan fingerprint density at radius 2 is 1.76 bits per heavy atom. The number of quaternary nitrogens is 1. The second-order valence-electron chi connectivity index (χ2n) is 4.47. The van der Waals surface area contributed by atoms with Gasteiger partial charge >= 0.3 is 0 Å². The van der Waals surface area contributed by atoms with Gasteiger partial charge in [0.25, 0.3) is 5.91 Å². The van der Waals surface area contributed by atoms with Crippen LogP contribution in [0.25, 0.3) is 0 Å². The number of carbonyl (C=O) groups is 2.